The van der Waals surface area contributed by atoms with E-state index in [1.807, 2.05) is 54.6 Å². The molecule has 4 nitrogen and oxygen atoms in total. The van der Waals surface area contributed by atoms with Crippen molar-refractivity contribution in [2.75, 3.05) is 6.16 Å². The first-order valence-electron chi connectivity index (χ1n) is 12.4. The van der Waals surface area contributed by atoms with E-state index in [1.165, 1.54) is 0 Å². The molecule has 0 aliphatic carbocycles. The van der Waals surface area contributed by atoms with Gasteiger partial charge in [-0.3, -0.25) is 9.59 Å². The van der Waals surface area contributed by atoms with Gasteiger partial charge in [0.05, 0.1) is 12.5 Å². The second kappa shape index (κ2) is 11.6. The minimum atomic E-state index is -2.32. The lowest BCUT2D eigenvalue weighted by atomic mass is 10.1. The Balaban J connectivity index is 2.05. The molecular weight excluding hydrogens is 483 g/mol. The molecule has 6 heteroatoms. The predicted octanol–water partition coefficient (Wildman–Crippen LogP) is 5.80. The molecule has 36 heavy (non-hydrogen) atoms. The van der Waals surface area contributed by atoms with Crippen LogP contribution in [0.4, 0.5) is 0 Å². The van der Waals surface area contributed by atoms with Gasteiger partial charge in [0, 0.05) is 6.42 Å². The van der Waals surface area contributed by atoms with Crippen LogP contribution in [0.1, 0.15) is 33.6 Å². The van der Waals surface area contributed by atoms with Crippen molar-refractivity contribution in [3.63, 3.8) is 0 Å². The largest absolute Gasteiger partial charge is 0.481 e. The van der Waals surface area contributed by atoms with Crippen molar-refractivity contribution in [3.05, 3.63) is 91.0 Å². The lowest BCUT2D eigenvalue weighted by Gasteiger charge is -2.39. The van der Waals surface area contributed by atoms with Gasteiger partial charge in [-0.15, -0.1) is 0 Å². The molecule has 0 aliphatic rings. The number of hydrogen-bond donors (Lipinski definition) is 1. The second-order valence-corrected chi connectivity index (χ2v) is 19.1. The third kappa shape index (κ3) is 6.58. The Kier molecular flexibility index (Phi) is 9.05. The molecule has 0 fully saturated rings. The Morgan fingerprint density at radius 3 is 1.50 bits per heavy atom. The Morgan fingerprint density at radius 1 is 0.778 bits per heavy atom. The lowest BCUT2D eigenvalue weighted by molar-refractivity contribution is -0.139. The van der Waals surface area contributed by atoms with Crippen molar-refractivity contribution in [2.45, 2.75) is 57.8 Å². The van der Waals surface area contributed by atoms with Crippen LogP contribution in [0.2, 0.25) is 18.1 Å². The van der Waals surface area contributed by atoms with Gasteiger partial charge in [0.25, 0.3) is 0 Å². The molecule has 3 rings (SSSR count). The number of ketones is 1. The van der Waals surface area contributed by atoms with E-state index in [-0.39, 0.29) is 23.7 Å². The van der Waals surface area contributed by atoms with Gasteiger partial charge in [0.15, 0.2) is 14.1 Å². The summed E-state index contributed by atoms with van der Waals surface area (Å²) in [5.41, 5.74) is 0. The van der Waals surface area contributed by atoms with E-state index >= 15 is 0 Å². The van der Waals surface area contributed by atoms with Crippen molar-refractivity contribution in [3.8, 4) is 0 Å². The summed E-state index contributed by atoms with van der Waals surface area (Å²) in [7, 11) is -4.58. The molecule has 1 atom stereocenters. The fraction of sp³-hybridized carbons (Fsp3) is 0.333. The summed E-state index contributed by atoms with van der Waals surface area (Å²) >= 11 is 0. The fourth-order valence-electron chi connectivity index (χ4n) is 4.30. The second-order valence-electron chi connectivity index (χ2n) is 10.8. The Hall–Kier alpha value is -2.59. The highest BCUT2D eigenvalue weighted by atomic mass is 31.2. The number of Topliss-reactive ketones (excluding diaryl/α,β-unsaturated/α-hetero) is 1. The molecule has 0 saturated carbocycles. The molecular formula is C30H38O4PSi+. The first kappa shape index (κ1) is 28.0. The van der Waals surface area contributed by atoms with Crippen molar-refractivity contribution < 1.29 is 19.1 Å². The van der Waals surface area contributed by atoms with Crippen molar-refractivity contribution in [1.82, 2.24) is 0 Å². The Bertz CT molecular complexity index is 1050. The first-order valence-corrected chi connectivity index (χ1v) is 17.3. The van der Waals surface area contributed by atoms with Crippen LogP contribution in [0.25, 0.3) is 0 Å². The maximum Gasteiger partial charge on any atom is 0.305 e. The lowest BCUT2D eigenvalue weighted by Crippen LogP contribution is -2.45. The molecule has 3 aromatic carbocycles. The molecule has 0 amide bonds. The summed E-state index contributed by atoms with van der Waals surface area (Å²) in [4.78, 5) is 25.6. The van der Waals surface area contributed by atoms with Crippen LogP contribution in [-0.2, 0) is 14.0 Å². The number of carbonyl (C=O) groups is 2. The number of carboxylic acids is 1. The van der Waals surface area contributed by atoms with E-state index in [4.69, 9.17) is 4.43 Å². The maximum atomic E-state index is 13.9. The van der Waals surface area contributed by atoms with Gasteiger partial charge >= 0.3 is 5.97 Å². The summed E-state index contributed by atoms with van der Waals surface area (Å²) in [5, 5.41) is 12.9. The zero-order valence-electron chi connectivity index (χ0n) is 22.0. The van der Waals surface area contributed by atoms with E-state index in [2.05, 4.69) is 70.3 Å². The summed E-state index contributed by atoms with van der Waals surface area (Å²) < 4.78 is 6.47. The quantitative estimate of drug-likeness (QED) is 0.256. The highest BCUT2D eigenvalue weighted by molar-refractivity contribution is 7.96. The number of carboxylic acid groups (broad SMARTS) is 1. The van der Waals surface area contributed by atoms with E-state index in [1.54, 1.807) is 0 Å². The van der Waals surface area contributed by atoms with E-state index in [0.717, 1.165) is 15.9 Å². The maximum absolute atomic E-state index is 13.9. The molecule has 0 heterocycles. The molecule has 190 valence electrons. The average molecular weight is 522 g/mol. The SMILES string of the molecule is CC(C)(C)[Si](C)(C)O[C@@H](CC(=O)O)CC(=O)C[P+](c1ccccc1)(c1ccccc1)c1ccccc1. The van der Waals surface area contributed by atoms with Gasteiger partial charge in [-0.2, -0.15) is 0 Å². The molecule has 3 aromatic rings. The van der Waals surface area contributed by atoms with Gasteiger partial charge in [-0.1, -0.05) is 75.4 Å². The summed E-state index contributed by atoms with van der Waals surface area (Å²) in [5.74, 6) is -0.911. The first-order chi connectivity index (χ1) is 17.0. The van der Waals surface area contributed by atoms with Gasteiger partial charge in [0.2, 0.25) is 0 Å². The number of benzene rings is 3. The van der Waals surface area contributed by atoms with Crippen molar-refractivity contribution >= 4 is 43.2 Å². The van der Waals surface area contributed by atoms with Crippen molar-refractivity contribution in [2.24, 2.45) is 0 Å². The van der Waals surface area contributed by atoms with Crippen LogP contribution in [0.3, 0.4) is 0 Å². The van der Waals surface area contributed by atoms with Gasteiger partial charge in [-0.25, -0.2) is 0 Å². The number of rotatable bonds is 11. The van der Waals surface area contributed by atoms with E-state index in [0.29, 0.717) is 6.16 Å². The highest BCUT2D eigenvalue weighted by Gasteiger charge is 2.48. The molecule has 0 saturated heterocycles. The summed E-state index contributed by atoms with van der Waals surface area (Å²) in [6.45, 7) is 10.6. The average Bonchev–Trinajstić information content (AvgIpc) is 2.83. The van der Waals surface area contributed by atoms with Crippen LogP contribution in [0, 0.1) is 0 Å². The number of carbonyl (C=O) groups excluding carboxylic acids is 1. The highest BCUT2D eigenvalue weighted by Crippen LogP contribution is 2.55. The van der Waals surface area contributed by atoms with Crippen LogP contribution >= 0.6 is 7.26 Å². The molecule has 0 aromatic heterocycles. The van der Waals surface area contributed by atoms with E-state index in [9.17, 15) is 14.7 Å². The normalized spacial score (nSPS) is 13.2. The molecule has 0 unspecified atom stereocenters. The summed E-state index contributed by atoms with van der Waals surface area (Å²) in [6, 6.07) is 30.8. The third-order valence-corrected chi connectivity index (χ3v) is 16.0. The smallest absolute Gasteiger partial charge is 0.305 e. The van der Waals surface area contributed by atoms with Crippen LogP contribution in [0.5, 0.6) is 0 Å². The van der Waals surface area contributed by atoms with Crippen LogP contribution in [0.15, 0.2) is 91.0 Å². The van der Waals surface area contributed by atoms with Crippen LogP contribution < -0.4 is 15.9 Å². The topological polar surface area (TPSA) is 63.6 Å². The molecule has 0 radical (unpaired) electrons. The molecule has 0 spiro atoms. The van der Waals surface area contributed by atoms with Gasteiger partial charge in [0.1, 0.15) is 29.3 Å². The predicted molar refractivity (Wildman–Crippen MR) is 154 cm³/mol. The number of aliphatic carboxylic acids is 1. The zero-order chi connectivity index (χ0) is 26.4. The van der Waals surface area contributed by atoms with Gasteiger partial charge in [-0.05, 0) is 54.5 Å². The Morgan fingerprint density at radius 2 is 1.17 bits per heavy atom. The molecule has 0 aliphatic heterocycles. The molecule has 1 N–H and O–H groups in total. The van der Waals surface area contributed by atoms with Gasteiger partial charge < -0.3 is 9.53 Å². The zero-order valence-corrected chi connectivity index (χ0v) is 23.9. The van der Waals surface area contributed by atoms with Crippen LogP contribution in [-0.4, -0.2) is 37.4 Å². The standard InChI is InChI=1S/C30H37O4PSi/c1-30(2,3)36(4,5)34-25(22-29(32)33)21-24(31)23-35(26-15-9-6-10-16-26,27-17-11-7-12-18-27)28-19-13-8-14-20-28/h6-20,25H,21-23H2,1-5H3/p+1/t25-/m1/s1. The molecule has 0 bridgehead atoms. The Labute approximate surface area is 217 Å². The third-order valence-electron chi connectivity index (χ3n) is 7.13. The number of hydrogen-bond acceptors (Lipinski definition) is 3. The minimum absolute atomic E-state index is 0.0323. The van der Waals surface area contributed by atoms with E-state index < -0.39 is 27.7 Å². The minimum Gasteiger partial charge on any atom is -0.481 e. The fourth-order valence-corrected chi connectivity index (χ4v) is 9.79. The summed E-state index contributed by atoms with van der Waals surface area (Å²) in [6.07, 6.45) is -0.402. The van der Waals surface area contributed by atoms with Crippen molar-refractivity contribution in [1.29, 1.82) is 0 Å². The monoisotopic (exact) mass is 521 g/mol.